The molecule has 1 aliphatic heterocycles. The minimum absolute atomic E-state index is 0.00502. The van der Waals surface area contributed by atoms with Crippen LogP contribution in [0.25, 0.3) is 6.08 Å². The maximum absolute atomic E-state index is 13.3. The average molecular weight is 485 g/mol. The number of carbonyl (C=O) groups excluding carboxylic acids is 1. The molecule has 0 saturated heterocycles. The Hall–Kier alpha value is -3.66. The molecule has 34 heavy (non-hydrogen) atoms. The molecule has 2 heterocycles. The Kier molecular flexibility index (Phi) is 6.97. The summed E-state index contributed by atoms with van der Waals surface area (Å²) in [6.07, 6.45) is 1.72. The van der Waals surface area contributed by atoms with Gasteiger partial charge < -0.3 is 14.2 Å². The van der Waals surface area contributed by atoms with E-state index in [-0.39, 0.29) is 17.4 Å². The number of amidine groups is 1. The van der Waals surface area contributed by atoms with E-state index < -0.39 is 6.61 Å². The summed E-state index contributed by atoms with van der Waals surface area (Å²) < 4.78 is 34.7. The first-order valence-corrected chi connectivity index (χ1v) is 11.3. The largest absolute Gasteiger partial charge is 0.435 e. The molecule has 0 fully saturated rings. The van der Waals surface area contributed by atoms with Crippen LogP contribution in [0.2, 0.25) is 0 Å². The van der Waals surface area contributed by atoms with Crippen molar-refractivity contribution in [1.82, 2.24) is 5.16 Å². The van der Waals surface area contributed by atoms with E-state index in [2.05, 4.69) is 14.9 Å². The van der Waals surface area contributed by atoms with Gasteiger partial charge in [-0.15, -0.1) is 0 Å². The quantitative estimate of drug-likeness (QED) is 0.423. The van der Waals surface area contributed by atoms with Gasteiger partial charge in [-0.2, -0.15) is 8.78 Å². The van der Waals surface area contributed by atoms with Crippen molar-refractivity contribution in [2.45, 2.75) is 19.3 Å². The fourth-order valence-corrected chi connectivity index (χ4v) is 4.13. The average Bonchev–Trinajstić information content (AvgIpc) is 3.35. The predicted octanol–water partition coefficient (Wildman–Crippen LogP) is 5.33. The monoisotopic (exact) mass is 484 g/mol. The van der Waals surface area contributed by atoms with Crippen LogP contribution in [-0.4, -0.2) is 36.9 Å². The molecule has 0 unspecified atom stereocenters. The molecule has 0 N–H and O–H groups in total. The molecular weight excluding hydrogens is 462 g/mol. The molecule has 2 aromatic carbocycles. The summed E-state index contributed by atoms with van der Waals surface area (Å²) in [6, 6.07) is 15.4. The summed E-state index contributed by atoms with van der Waals surface area (Å²) in [5, 5.41) is 4.32. The molecule has 0 bridgehead atoms. The lowest BCUT2D eigenvalue weighted by Crippen LogP contribution is -2.30. The number of hydrogen-bond acceptors (Lipinski definition) is 7. The van der Waals surface area contributed by atoms with E-state index in [1.807, 2.05) is 56.3 Å². The van der Waals surface area contributed by atoms with Gasteiger partial charge in [0.2, 0.25) is 0 Å². The molecule has 1 aliphatic rings. The predicted molar refractivity (Wildman–Crippen MR) is 129 cm³/mol. The number of benzene rings is 2. The van der Waals surface area contributed by atoms with Gasteiger partial charge in [0.15, 0.2) is 5.17 Å². The number of rotatable bonds is 7. The minimum Gasteiger partial charge on any atom is -0.435 e. The summed E-state index contributed by atoms with van der Waals surface area (Å²) in [6.45, 7) is -1.10. The van der Waals surface area contributed by atoms with E-state index in [4.69, 9.17) is 4.52 Å². The lowest BCUT2D eigenvalue weighted by molar-refractivity contribution is -0.113. The zero-order valence-corrected chi connectivity index (χ0v) is 19.6. The standard InChI is InChI=1S/C24H22F2N4O3S/c1-15-12-20(33-28-15)14-34-24-27-21(13-16-4-6-17(7-5-16)29(2)3)22(31)30(24)18-8-10-19(11-9-18)32-23(25)26/h4-13,23H,14H2,1-3H3/b21-13-. The minimum atomic E-state index is -2.93. The number of thioether (sulfide) groups is 1. The highest BCUT2D eigenvalue weighted by atomic mass is 32.2. The second-order valence-corrected chi connectivity index (χ2v) is 8.59. The molecule has 0 aliphatic carbocycles. The molecular formula is C24H22F2N4O3S. The molecule has 1 aromatic heterocycles. The normalized spacial score (nSPS) is 14.8. The molecule has 0 spiro atoms. The lowest BCUT2D eigenvalue weighted by Gasteiger charge is -2.18. The maximum Gasteiger partial charge on any atom is 0.387 e. The Bertz CT molecular complexity index is 1220. The van der Waals surface area contributed by atoms with E-state index in [1.54, 1.807) is 18.2 Å². The molecule has 0 radical (unpaired) electrons. The van der Waals surface area contributed by atoms with E-state index in [0.29, 0.717) is 22.4 Å². The van der Waals surface area contributed by atoms with E-state index in [1.165, 1.54) is 28.8 Å². The van der Waals surface area contributed by atoms with Crippen LogP contribution < -0.4 is 14.5 Å². The van der Waals surface area contributed by atoms with Crippen LogP contribution >= 0.6 is 11.8 Å². The summed E-state index contributed by atoms with van der Waals surface area (Å²) in [4.78, 5) is 21.3. The highest BCUT2D eigenvalue weighted by Crippen LogP contribution is 2.32. The lowest BCUT2D eigenvalue weighted by atomic mass is 10.1. The van der Waals surface area contributed by atoms with E-state index in [9.17, 15) is 13.6 Å². The Balaban J connectivity index is 1.62. The molecule has 176 valence electrons. The van der Waals surface area contributed by atoms with Crippen LogP contribution in [0.1, 0.15) is 17.0 Å². The van der Waals surface area contributed by atoms with E-state index >= 15 is 0 Å². The van der Waals surface area contributed by atoms with Crippen molar-refractivity contribution in [3.8, 4) is 5.75 Å². The Morgan fingerprint density at radius 2 is 1.85 bits per heavy atom. The number of ether oxygens (including phenoxy) is 1. The molecule has 3 aromatic rings. The molecule has 1 amide bonds. The first kappa shape index (κ1) is 23.5. The van der Waals surface area contributed by atoms with Crippen molar-refractivity contribution in [3.05, 3.63) is 77.3 Å². The number of amides is 1. The number of aryl methyl sites for hydroxylation is 1. The van der Waals surface area contributed by atoms with Crippen LogP contribution in [0.3, 0.4) is 0 Å². The second-order valence-electron chi connectivity index (χ2n) is 7.65. The Morgan fingerprint density at radius 3 is 2.44 bits per heavy atom. The van der Waals surface area contributed by atoms with Crippen molar-refractivity contribution < 1.29 is 22.8 Å². The number of aromatic nitrogens is 1. The van der Waals surface area contributed by atoms with Gasteiger partial charge in [-0.25, -0.2) is 4.99 Å². The Labute approximate surface area is 199 Å². The van der Waals surface area contributed by atoms with Gasteiger partial charge in [0.05, 0.1) is 17.1 Å². The number of alkyl halides is 2. The van der Waals surface area contributed by atoms with Crippen LogP contribution in [0.4, 0.5) is 20.2 Å². The Morgan fingerprint density at radius 1 is 1.15 bits per heavy atom. The van der Waals surface area contributed by atoms with Gasteiger partial charge >= 0.3 is 6.61 Å². The smallest absolute Gasteiger partial charge is 0.387 e. The third-order valence-corrected chi connectivity index (χ3v) is 5.84. The molecule has 10 heteroatoms. The fraction of sp³-hybridized carbons (Fsp3) is 0.208. The number of carbonyl (C=O) groups is 1. The van der Waals surface area contributed by atoms with Gasteiger partial charge in [-0.1, -0.05) is 29.1 Å². The van der Waals surface area contributed by atoms with Crippen LogP contribution in [0, 0.1) is 6.92 Å². The highest BCUT2D eigenvalue weighted by molar-refractivity contribution is 8.13. The number of nitrogens with zero attached hydrogens (tertiary/aromatic N) is 4. The first-order valence-electron chi connectivity index (χ1n) is 10.3. The second kappa shape index (κ2) is 10.1. The van der Waals surface area contributed by atoms with Crippen LogP contribution in [0.15, 0.2) is 69.8 Å². The van der Waals surface area contributed by atoms with Crippen molar-refractivity contribution in [1.29, 1.82) is 0 Å². The fourth-order valence-electron chi connectivity index (χ4n) is 3.24. The van der Waals surface area contributed by atoms with Crippen molar-refractivity contribution in [3.63, 3.8) is 0 Å². The number of halogens is 2. The van der Waals surface area contributed by atoms with E-state index in [0.717, 1.165) is 16.9 Å². The molecule has 7 nitrogen and oxygen atoms in total. The summed E-state index contributed by atoms with van der Waals surface area (Å²) in [5.41, 5.74) is 3.37. The zero-order chi connectivity index (χ0) is 24.2. The van der Waals surface area contributed by atoms with Crippen molar-refractivity contribution in [2.24, 2.45) is 4.99 Å². The van der Waals surface area contributed by atoms with Gasteiger partial charge in [0.1, 0.15) is 17.2 Å². The zero-order valence-electron chi connectivity index (χ0n) is 18.7. The molecule has 0 saturated carbocycles. The third-order valence-electron chi connectivity index (χ3n) is 4.88. The van der Waals surface area contributed by atoms with Crippen molar-refractivity contribution >= 4 is 40.3 Å². The van der Waals surface area contributed by atoms with Crippen molar-refractivity contribution in [2.75, 3.05) is 23.9 Å². The van der Waals surface area contributed by atoms with Crippen LogP contribution in [0.5, 0.6) is 5.75 Å². The topological polar surface area (TPSA) is 71.2 Å². The van der Waals surface area contributed by atoms with Gasteiger partial charge in [0, 0.05) is 25.8 Å². The van der Waals surface area contributed by atoms with Gasteiger partial charge in [0.25, 0.3) is 5.91 Å². The maximum atomic E-state index is 13.3. The molecule has 0 atom stereocenters. The number of anilines is 2. The van der Waals surface area contributed by atoms with Gasteiger partial charge in [-0.05, 0) is 55.0 Å². The summed E-state index contributed by atoms with van der Waals surface area (Å²) in [5.74, 6) is 0.747. The first-order chi connectivity index (χ1) is 16.3. The third kappa shape index (κ3) is 5.45. The summed E-state index contributed by atoms with van der Waals surface area (Å²) >= 11 is 1.32. The SMILES string of the molecule is Cc1cc(CSC2=N/C(=C\c3ccc(N(C)C)cc3)C(=O)N2c2ccc(OC(F)F)cc2)on1. The van der Waals surface area contributed by atoms with Gasteiger partial charge in [-0.3, -0.25) is 9.69 Å². The number of hydrogen-bond donors (Lipinski definition) is 0. The number of aliphatic imine (C=N–C) groups is 1. The summed E-state index contributed by atoms with van der Waals surface area (Å²) in [7, 11) is 3.90. The highest BCUT2D eigenvalue weighted by Gasteiger charge is 2.32. The molecule has 4 rings (SSSR count). The van der Waals surface area contributed by atoms with Crippen LogP contribution in [-0.2, 0) is 10.5 Å².